The molecule has 0 spiro atoms. The standard InChI is InChI=1S/C26H26ClNO3S/c1-18-9-15-23(16-10-18)32(29,30)28-17-24(26(27)21-7-5-4-6-8-21)25(19(28)2)20-11-13-22(31-3)14-12-20/h4-16,19,25H,17H2,1-3H3/t19-,25+/m1/s1. The molecule has 1 aliphatic heterocycles. The highest BCUT2D eigenvalue weighted by Crippen LogP contribution is 2.45. The van der Waals surface area contributed by atoms with Gasteiger partial charge in [-0.05, 0) is 54.8 Å². The van der Waals surface area contributed by atoms with Crippen molar-refractivity contribution in [1.82, 2.24) is 4.31 Å². The Morgan fingerprint density at radius 3 is 2.19 bits per heavy atom. The molecule has 4 nitrogen and oxygen atoms in total. The van der Waals surface area contributed by atoms with Gasteiger partial charge < -0.3 is 4.74 Å². The lowest BCUT2D eigenvalue weighted by Gasteiger charge is -2.24. The van der Waals surface area contributed by atoms with Gasteiger partial charge in [0.05, 0.1) is 12.0 Å². The summed E-state index contributed by atoms with van der Waals surface area (Å²) in [4.78, 5) is 0.292. The molecule has 4 rings (SSSR count). The highest BCUT2D eigenvalue weighted by Gasteiger charge is 2.43. The first kappa shape index (κ1) is 22.6. The second kappa shape index (κ2) is 9.10. The number of sulfonamides is 1. The predicted octanol–water partition coefficient (Wildman–Crippen LogP) is 5.83. The molecule has 32 heavy (non-hydrogen) atoms. The summed E-state index contributed by atoms with van der Waals surface area (Å²) in [5, 5.41) is 0.597. The van der Waals surface area contributed by atoms with Gasteiger partial charge in [0, 0.05) is 23.5 Å². The fourth-order valence-corrected chi connectivity index (χ4v) is 6.21. The highest BCUT2D eigenvalue weighted by atomic mass is 35.5. The molecule has 3 aromatic rings. The third kappa shape index (κ3) is 4.20. The number of ether oxygens (including phenoxy) is 1. The van der Waals surface area contributed by atoms with Gasteiger partial charge in [-0.1, -0.05) is 71.8 Å². The second-order valence-electron chi connectivity index (χ2n) is 8.06. The van der Waals surface area contributed by atoms with Crippen LogP contribution in [0, 0.1) is 6.92 Å². The molecule has 1 saturated heterocycles. The van der Waals surface area contributed by atoms with E-state index in [1.165, 1.54) is 0 Å². The van der Waals surface area contributed by atoms with Crippen LogP contribution in [0.2, 0.25) is 0 Å². The first-order valence-corrected chi connectivity index (χ1v) is 12.3. The lowest BCUT2D eigenvalue weighted by molar-refractivity contribution is 0.393. The third-order valence-electron chi connectivity index (χ3n) is 6.05. The molecule has 1 aliphatic rings. The summed E-state index contributed by atoms with van der Waals surface area (Å²) in [6.45, 7) is 4.12. The summed E-state index contributed by atoms with van der Waals surface area (Å²) < 4.78 is 34.0. The number of halogens is 1. The molecule has 1 heterocycles. The van der Waals surface area contributed by atoms with Crippen molar-refractivity contribution in [2.24, 2.45) is 0 Å². The number of nitrogens with zero attached hydrogens (tertiary/aromatic N) is 1. The smallest absolute Gasteiger partial charge is 0.243 e. The van der Waals surface area contributed by atoms with Gasteiger partial charge in [-0.3, -0.25) is 0 Å². The highest BCUT2D eigenvalue weighted by molar-refractivity contribution is 7.89. The Morgan fingerprint density at radius 2 is 1.59 bits per heavy atom. The van der Waals surface area contributed by atoms with E-state index < -0.39 is 10.0 Å². The summed E-state index contributed by atoms with van der Waals surface area (Å²) in [6.07, 6.45) is 0. The third-order valence-corrected chi connectivity index (χ3v) is 8.46. The maximum Gasteiger partial charge on any atom is 0.243 e. The van der Waals surface area contributed by atoms with Gasteiger partial charge in [-0.25, -0.2) is 8.42 Å². The number of aryl methyl sites for hydroxylation is 1. The first-order valence-electron chi connectivity index (χ1n) is 10.5. The Labute approximate surface area is 195 Å². The van der Waals surface area contributed by atoms with Crippen LogP contribution in [0.3, 0.4) is 0 Å². The number of hydrogen-bond acceptors (Lipinski definition) is 3. The number of methoxy groups -OCH3 is 1. The molecule has 6 heteroatoms. The van der Waals surface area contributed by atoms with Crippen molar-refractivity contribution in [3.8, 4) is 5.75 Å². The molecular weight excluding hydrogens is 442 g/mol. The lowest BCUT2D eigenvalue weighted by Crippen LogP contribution is -2.35. The van der Waals surface area contributed by atoms with Gasteiger partial charge >= 0.3 is 0 Å². The van der Waals surface area contributed by atoms with Crippen molar-refractivity contribution in [2.45, 2.75) is 30.7 Å². The van der Waals surface area contributed by atoms with Gasteiger partial charge in [0.25, 0.3) is 0 Å². The van der Waals surface area contributed by atoms with Crippen LogP contribution in [0.5, 0.6) is 5.75 Å². The molecule has 0 saturated carbocycles. The van der Waals surface area contributed by atoms with E-state index in [2.05, 4.69) is 0 Å². The minimum atomic E-state index is -3.69. The van der Waals surface area contributed by atoms with Crippen LogP contribution < -0.4 is 4.74 Å². The van der Waals surface area contributed by atoms with Crippen LogP contribution in [0.15, 0.2) is 89.3 Å². The Balaban J connectivity index is 1.82. The SMILES string of the molecule is COc1ccc([C@H]2C(=C(Cl)c3ccccc3)CN(S(=O)(=O)c3ccc(C)cc3)[C@@H]2C)cc1. The topological polar surface area (TPSA) is 46.6 Å². The van der Waals surface area contributed by atoms with E-state index in [9.17, 15) is 8.42 Å². The summed E-state index contributed by atoms with van der Waals surface area (Å²) in [6, 6.07) is 24.1. The van der Waals surface area contributed by atoms with Crippen molar-refractivity contribution < 1.29 is 13.2 Å². The zero-order chi connectivity index (χ0) is 22.9. The second-order valence-corrected chi connectivity index (χ2v) is 10.3. The van der Waals surface area contributed by atoms with Crippen molar-refractivity contribution in [3.63, 3.8) is 0 Å². The van der Waals surface area contributed by atoms with Crippen LogP contribution in [0.1, 0.15) is 29.5 Å². The van der Waals surface area contributed by atoms with E-state index in [1.807, 2.05) is 80.6 Å². The first-order chi connectivity index (χ1) is 15.3. The minimum absolute atomic E-state index is 0.172. The van der Waals surface area contributed by atoms with Gasteiger partial charge in [0.15, 0.2) is 0 Å². The molecule has 166 valence electrons. The normalized spacial score (nSPS) is 20.9. The fraction of sp³-hybridized carbons (Fsp3) is 0.231. The average molecular weight is 468 g/mol. The molecule has 0 radical (unpaired) electrons. The van der Waals surface area contributed by atoms with E-state index in [1.54, 1.807) is 23.5 Å². The van der Waals surface area contributed by atoms with Crippen LogP contribution in [0.25, 0.3) is 5.03 Å². The largest absolute Gasteiger partial charge is 0.497 e. The van der Waals surface area contributed by atoms with Gasteiger partial charge in [0.1, 0.15) is 5.75 Å². The maximum absolute atomic E-state index is 13.6. The van der Waals surface area contributed by atoms with E-state index in [-0.39, 0.29) is 18.5 Å². The van der Waals surface area contributed by atoms with Crippen LogP contribution >= 0.6 is 11.6 Å². The Morgan fingerprint density at radius 1 is 0.969 bits per heavy atom. The molecule has 0 aliphatic carbocycles. The van der Waals surface area contributed by atoms with E-state index in [0.717, 1.165) is 28.0 Å². The minimum Gasteiger partial charge on any atom is -0.497 e. The van der Waals surface area contributed by atoms with Crippen molar-refractivity contribution in [2.75, 3.05) is 13.7 Å². The molecule has 0 N–H and O–H groups in total. The van der Waals surface area contributed by atoms with E-state index in [4.69, 9.17) is 16.3 Å². The molecule has 0 unspecified atom stereocenters. The van der Waals surface area contributed by atoms with Gasteiger partial charge in [0.2, 0.25) is 10.0 Å². The fourth-order valence-electron chi connectivity index (χ4n) is 4.28. The van der Waals surface area contributed by atoms with Crippen molar-refractivity contribution in [1.29, 1.82) is 0 Å². The lowest BCUT2D eigenvalue weighted by atomic mass is 9.88. The summed E-state index contributed by atoms with van der Waals surface area (Å²) >= 11 is 6.90. The summed E-state index contributed by atoms with van der Waals surface area (Å²) in [5.74, 6) is 0.581. The molecule has 0 aromatic heterocycles. The van der Waals surface area contributed by atoms with Crippen molar-refractivity contribution >= 4 is 26.7 Å². The Bertz CT molecular complexity index is 1220. The molecule has 3 aromatic carbocycles. The van der Waals surface area contributed by atoms with Crippen LogP contribution in [-0.4, -0.2) is 32.4 Å². The molecule has 2 atom stereocenters. The van der Waals surface area contributed by atoms with Crippen LogP contribution in [0.4, 0.5) is 0 Å². The van der Waals surface area contributed by atoms with Crippen LogP contribution in [-0.2, 0) is 10.0 Å². The molecular formula is C26H26ClNO3S. The maximum atomic E-state index is 13.6. The molecule has 0 bridgehead atoms. The average Bonchev–Trinajstić information content (AvgIpc) is 3.17. The Kier molecular flexibility index (Phi) is 6.42. The molecule has 1 fully saturated rings. The number of rotatable bonds is 5. The van der Waals surface area contributed by atoms with E-state index >= 15 is 0 Å². The Hall–Kier alpha value is -2.60. The zero-order valence-electron chi connectivity index (χ0n) is 18.3. The van der Waals surface area contributed by atoms with Gasteiger partial charge in [-0.15, -0.1) is 0 Å². The predicted molar refractivity (Wildman–Crippen MR) is 129 cm³/mol. The number of benzene rings is 3. The van der Waals surface area contributed by atoms with Crippen molar-refractivity contribution in [3.05, 3.63) is 101 Å². The monoisotopic (exact) mass is 467 g/mol. The van der Waals surface area contributed by atoms with Gasteiger partial charge in [-0.2, -0.15) is 4.31 Å². The number of hydrogen-bond donors (Lipinski definition) is 0. The van der Waals surface area contributed by atoms with E-state index in [0.29, 0.717) is 9.93 Å². The molecule has 0 amide bonds. The summed E-state index contributed by atoms with van der Waals surface area (Å²) in [5.41, 5.74) is 3.79. The summed E-state index contributed by atoms with van der Waals surface area (Å²) in [7, 11) is -2.07. The zero-order valence-corrected chi connectivity index (χ0v) is 19.9. The quantitative estimate of drug-likeness (QED) is 0.474.